The summed E-state index contributed by atoms with van der Waals surface area (Å²) in [5.74, 6) is -1.91. The van der Waals surface area contributed by atoms with Crippen molar-refractivity contribution in [2.24, 2.45) is 0 Å². The summed E-state index contributed by atoms with van der Waals surface area (Å²) in [5.41, 5.74) is 0.557. The molecule has 1 aliphatic rings. The summed E-state index contributed by atoms with van der Waals surface area (Å²) in [4.78, 5) is 12.2. The van der Waals surface area contributed by atoms with Crippen molar-refractivity contribution in [3.8, 4) is 23.0 Å². The van der Waals surface area contributed by atoms with Crippen molar-refractivity contribution in [2.75, 3.05) is 0 Å². The number of phenols is 3. The van der Waals surface area contributed by atoms with Gasteiger partial charge in [0.25, 0.3) is 0 Å². The van der Waals surface area contributed by atoms with Crippen molar-refractivity contribution in [2.45, 2.75) is 46.1 Å². The first-order valence-electron chi connectivity index (χ1n) is 6.79. The van der Waals surface area contributed by atoms with E-state index in [-0.39, 0.29) is 23.5 Å². The van der Waals surface area contributed by atoms with E-state index in [4.69, 9.17) is 4.74 Å². The third kappa shape index (κ3) is 2.68. The van der Waals surface area contributed by atoms with Gasteiger partial charge in [0, 0.05) is 5.56 Å². The molecule has 0 aliphatic carbocycles. The number of fused-ring (bicyclic) bond motifs is 1. The fourth-order valence-electron chi connectivity index (χ4n) is 2.39. The minimum atomic E-state index is -0.723. The van der Waals surface area contributed by atoms with Crippen LogP contribution in [0.25, 0.3) is 0 Å². The van der Waals surface area contributed by atoms with E-state index in [0.717, 1.165) is 5.57 Å². The third-order valence-electron chi connectivity index (χ3n) is 3.43. The van der Waals surface area contributed by atoms with Crippen LogP contribution in [0.1, 0.15) is 50.0 Å². The number of aromatic hydroxyl groups is 3. The Morgan fingerprint density at radius 1 is 1.19 bits per heavy atom. The molecule has 1 aromatic carbocycles. The van der Waals surface area contributed by atoms with Crippen molar-refractivity contribution in [1.82, 2.24) is 0 Å². The Morgan fingerprint density at radius 3 is 2.38 bits per heavy atom. The highest BCUT2D eigenvalue weighted by molar-refractivity contribution is 6.04. The Hall–Kier alpha value is -2.17. The predicted octanol–water partition coefficient (Wildman–Crippen LogP) is 3.06. The molecule has 0 atom stereocenters. The van der Waals surface area contributed by atoms with Crippen LogP contribution in [-0.4, -0.2) is 26.7 Å². The van der Waals surface area contributed by atoms with E-state index in [1.54, 1.807) is 13.8 Å². The number of carbonyl (C=O) groups is 1. The maximum atomic E-state index is 12.2. The number of carbonyl (C=O) groups excluding carboxylic acids is 1. The molecule has 0 saturated carbocycles. The molecule has 2 rings (SSSR count). The molecular weight excluding hydrogens is 272 g/mol. The second-order valence-electron chi connectivity index (χ2n) is 6.18. The topological polar surface area (TPSA) is 87.0 Å². The number of hydrogen-bond donors (Lipinski definition) is 3. The van der Waals surface area contributed by atoms with Crippen molar-refractivity contribution in [3.05, 3.63) is 22.8 Å². The van der Waals surface area contributed by atoms with Gasteiger partial charge < -0.3 is 20.1 Å². The Balaban J connectivity index is 2.71. The molecule has 3 N–H and O–H groups in total. The third-order valence-corrected chi connectivity index (χ3v) is 3.43. The second kappa shape index (κ2) is 4.98. The molecule has 0 fully saturated rings. The first-order valence-corrected chi connectivity index (χ1v) is 6.79. The first kappa shape index (κ1) is 15.2. The molecule has 5 heteroatoms. The quantitative estimate of drug-likeness (QED) is 0.576. The van der Waals surface area contributed by atoms with Crippen molar-refractivity contribution < 1.29 is 24.9 Å². The molecule has 0 bridgehead atoms. The molecule has 114 valence electrons. The van der Waals surface area contributed by atoms with Crippen molar-refractivity contribution in [3.63, 3.8) is 0 Å². The summed E-state index contributed by atoms with van der Waals surface area (Å²) in [7, 11) is 0. The van der Waals surface area contributed by atoms with Gasteiger partial charge in [0.15, 0.2) is 17.3 Å². The lowest BCUT2D eigenvalue weighted by Gasteiger charge is -2.33. The van der Waals surface area contributed by atoms with Crippen LogP contribution in [0, 0.1) is 0 Å². The minimum absolute atomic E-state index is 0.0539. The van der Waals surface area contributed by atoms with E-state index in [1.165, 1.54) is 0 Å². The summed E-state index contributed by atoms with van der Waals surface area (Å²) in [6.07, 6.45) is 2.24. The van der Waals surface area contributed by atoms with Crippen molar-refractivity contribution in [1.29, 1.82) is 0 Å². The lowest BCUT2D eigenvalue weighted by molar-refractivity contribution is 0.0605. The van der Waals surface area contributed by atoms with E-state index < -0.39 is 22.8 Å². The standard InChI is InChI=1S/C16H20O5/c1-8(2)5-6-9-12(18)14(20)13(19)11-10(17)7-16(3,4)21-15(9)11/h5,18-20H,6-7H2,1-4H3. The number of ketones is 1. The van der Waals surface area contributed by atoms with Crippen LogP contribution in [0.2, 0.25) is 0 Å². The molecule has 0 aromatic heterocycles. The van der Waals surface area contributed by atoms with Gasteiger partial charge in [-0.05, 0) is 34.1 Å². The largest absolute Gasteiger partial charge is 0.504 e. The van der Waals surface area contributed by atoms with Crippen LogP contribution in [0.5, 0.6) is 23.0 Å². The summed E-state index contributed by atoms with van der Waals surface area (Å²) >= 11 is 0. The Bertz CT molecular complexity index is 637. The van der Waals surface area contributed by atoms with Crippen LogP contribution in [0.15, 0.2) is 11.6 Å². The number of allylic oxidation sites excluding steroid dienone is 2. The molecule has 1 aromatic rings. The number of Topliss-reactive ketones (excluding diaryl/α,β-unsaturated/α-hetero) is 1. The van der Waals surface area contributed by atoms with Crippen LogP contribution in [0.3, 0.4) is 0 Å². The summed E-state index contributed by atoms with van der Waals surface area (Å²) in [6.45, 7) is 7.33. The number of benzene rings is 1. The van der Waals surface area contributed by atoms with Crippen LogP contribution in [0.4, 0.5) is 0 Å². The van der Waals surface area contributed by atoms with Gasteiger partial charge in [0.05, 0.1) is 6.42 Å². The molecule has 1 aliphatic heterocycles. The zero-order valence-corrected chi connectivity index (χ0v) is 12.6. The smallest absolute Gasteiger partial charge is 0.201 e. The summed E-state index contributed by atoms with van der Waals surface area (Å²) in [6, 6.07) is 0. The zero-order chi connectivity index (χ0) is 15.9. The fourth-order valence-corrected chi connectivity index (χ4v) is 2.39. The van der Waals surface area contributed by atoms with Gasteiger partial charge in [0.1, 0.15) is 16.9 Å². The monoisotopic (exact) mass is 292 g/mol. The molecule has 0 radical (unpaired) electrons. The van der Waals surface area contributed by atoms with Crippen LogP contribution < -0.4 is 4.74 Å². The van der Waals surface area contributed by atoms with Crippen molar-refractivity contribution >= 4 is 5.78 Å². The maximum Gasteiger partial charge on any atom is 0.201 e. The highest BCUT2D eigenvalue weighted by Crippen LogP contribution is 2.51. The van der Waals surface area contributed by atoms with Gasteiger partial charge in [-0.15, -0.1) is 0 Å². The van der Waals surface area contributed by atoms with E-state index >= 15 is 0 Å². The maximum absolute atomic E-state index is 12.2. The zero-order valence-electron chi connectivity index (χ0n) is 12.6. The van der Waals surface area contributed by atoms with Gasteiger partial charge in [-0.2, -0.15) is 0 Å². The first-order chi connectivity index (χ1) is 9.64. The fraction of sp³-hybridized carbons (Fsp3) is 0.438. The van der Waals surface area contributed by atoms with Crippen LogP contribution >= 0.6 is 0 Å². The number of hydrogen-bond acceptors (Lipinski definition) is 5. The Labute approximate surface area is 123 Å². The Morgan fingerprint density at radius 2 is 1.81 bits per heavy atom. The molecule has 1 heterocycles. The highest BCUT2D eigenvalue weighted by atomic mass is 16.5. The molecule has 0 unspecified atom stereocenters. The van der Waals surface area contributed by atoms with Gasteiger partial charge in [-0.25, -0.2) is 0 Å². The van der Waals surface area contributed by atoms with Gasteiger partial charge in [-0.1, -0.05) is 11.6 Å². The van der Waals surface area contributed by atoms with Gasteiger partial charge in [-0.3, -0.25) is 4.79 Å². The highest BCUT2D eigenvalue weighted by Gasteiger charge is 2.38. The van der Waals surface area contributed by atoms with E-state index in [1.807, 2.05) is 19.9 Å². The summed E-state index contributed by atoms with van der Waals surface area (Å²) < 4.78 is 5.79. The Kier molecular flexibility index (Phi) is 3.61. The molecule has 21 heavy (non-hydrogen) atoms. The van der Waals surface area contributed by atoms with Gasteiger partial charge >= 0.3 is 0 Å². The average Bonchev–Trinajstić information content (AvgIpc) is 2.33. The molecule has 0 spiro atoms. The molecule has 5 nitrogen and oxygen atoms in total. The van der Waals surface area contributed by atoms with E-state index in [9.17, 15) is 20.1 Å². The number of ether oxygens (including phenoxy) is 1. The van der Waals surface area contributed by atoms with Gasteiger partial charge in [0.2, 0.25) is 5.75 Å². The van der Waals surface area contributed by atoms with E-state index in [0.29, 0.717) is 12.0 Å². The molecule has 0 saturated heterocycles. The normalized spacial score (nSPS) is 16.1. The number of rotatable bonds is 2. The predicted molar refractivity (Wildman–Crippen MR) is 78.2 cm³/mol. The average molecular weight is 292 g/mol. The SMILES string of the molecule is CC(C)=CCc1c(O)c(O)c(O)c2c1OC(C)(C)CC2=O. The molecular formula is C16H20O5. The lowest BCUT2D eigenvalue weighted by atomic mass is 9.89. The van der Waals surface area contributed by atoms with Crippen LogP contribution in [-0.2, 0) is 6.42 Å². The van der Waals surface area contributed by atoms with E-state index in [2.05, 4.69) is 0 Å². The lowest BCUT2D eigenvalue weighted by Crippen LogP contribution is -2.36. The summed E-state index contributed by atoms with van der Waals surface area (Å²) in [5, 5.41) is 29.8. The second-order valence-corrected chi connectivity index (χ2v) is 6.18. The minimum Gasteiger partial charge on any atom is -0.504 e. The number of phenolic OH excluding ortho intramolecular Hbond substituents is 3. The molecule has 0 amide bonds.